The molecule has 34 heavy (non-hydrogen) atoms. The van der Waals surface area contributed by atoms with E-state index in [4.69, 9.17) is 0 Å². The van der Waals surface area contributed by atoms with E-state index in [-0.39, 0.29) is 17.4 Å². The molecular weight excluding hydrogens is 429 g/mol. The molecule has 2 N–H and O–H groups in total. The second-order valence-corrected chi connectivity index (χ2v) is 8.62. The van der Waals surface area contributed by atoms with Gasteiger partial charge in [-0.3, -0.25) is 14.6 Å². The molecule has 1 aliphatic carbocycles. The van der Waals surface area contributed by atoms with E-state index in [1.165, 1.54) is 12.1 Å². The van der Waals surface area contributed by atoms with Crippen molar-refractivity contribution in [2.75, 3.05) is 5.32 Å². The summed E-state index contributed by atoms with van der Waals surface area (Å²) >= 11 is 0. The monoisotopic (exact) mass is 453 g/mol. The van der Waals surface area contributed by atoms with Gasteiger partial charge in [0.2, 0.25) is 0 Å². The summed E-state index contributed by atoms with van der Waals surface area (Å²) in [6.07, 6.45) is 2.67. The van der Waals surface area contributed by atoms with Crippen LogP contribution in [0.15, 0.2) is 102 Å². The first-order chi connectivity index (χ1) is 16.5. The smallest absolute Gasteiger partial charge is 0.254 e. The van der Waals surface area contributed by atoms with Crippen molar-refractivity contribution in [3.05, 3.63) is 119 Å². The number of aromatic nitrogens is 1. The molecule has 2 atom stereocenters. The van der Waals surface area contributed by atoms with Crippen LogP contribution in [0.5, 0.6) is 0 Å². The first-order valence-corrected chi connectivity index (χ1v) is 11.3. The number of benzene rings is 2. The van der Waals surface area contributed by atoms with Gasteiger partial charge in [-0.2, -0.15) is 0 Å². The highest BCUT2D eigenvalue weighted by molar-refractivity contribution is 6.09. The van der Waals surface area contributed by atoms with E-state index < -0.39 is 17.6 Å². The standard InChI is InChI=1S/C28H24FN3O2/c1-17-25(28(34)32-21-12-6-5-11-20(21)29)27(22-13-7-8-14-30-22)26-23(31-17)15-19(16-24(26)33)18-9-3-2-4-10-18/h2-14,19,27,31H,15-16H2,1H3,(H,32,34)/t19-,27-/m0/s1. The van der Waals surface area contributed by atoms with E-state index in [0.717, 1.165) is 11.3 Å². The van der Waals surface area contributed by atoms with Crippen LogP contribution in [0.4, 0.5) is 10.1 Å². The van der Waals surface area contributed by atoms with Gasteiger partial charge < -0.3 is 10.6 Å². The molecule has 0 radical (unpaired) electrons. The number of amides is 1. The molecule has 6 heteroatoms. The Balaban J connectivity index is 1.56. The van der Waals surface area contributed by atoms with Crippen LogP contribution in [0.3, 0.4) is 0 Å². The zero-order valence-electron chi connectivity index (χ0n) is 18.7. The SMILES string of the molecule is CC1=C(C(=O)Nc2ccccc2F)[C@H](c2ccccn2)C2=C(C[C@H](c3ccccc3)CC2=O)N1. The number of Topliss-reactive ketones (excluding diaryl/α,β-unsaturated/α-hetero) is 1. The maximum absolute atomic E-state index is 14.2. The normalized spacial score (nSPS) is 20.0. The minimum atomic E-state index is -0.631. The van der Waals surface area contributed by atoms with Crippen LogP contribution in [0, 0.1) is 5.82 Å². The highest BCUT2D eigenvalue weighted by atomic mass is 19.1. The number of halogens is 1. The Kier molecular flexibility index (Phi) is 5.80. The second-order valence-electron chi connectivity index (χ2n) is 8.62. The Bertz CT molecular complexity index is 1320. The molecule has 3 aromatic rings. The summed E-state index contributed by atoms with van der Waals surface area (Å²) in [4.78, 5) is 31.5. The van der Waals surface area contributed by atoms with Gasteiger partial charge in [0.1, 0.15) is 5.82 Å². The van der Waals surface area contributed by atoms with Gasteiger partial charge in [0.25, 0.3) is 5.91 Å². The number of nitrogens with zero attached hydrogens (tertiary/aromatic N) is 1. The quantitative estimate of drug-likeness (QED) is 0.568. The zero-order chi connectivity index (χ0) is 23.7. The molecule has 0 saturated carbocycles. The van der Waals surface area contributed by atoms with Crippen molar-refractivity contribution in [3.8, 4) is 0 Å². The van der Waals surface area contributed by atoms with Crippen molar-refractivity contribution in [3.63, 3.8) is 0 Å². The van der Waals surface area contributed by atoms with E-state index in [1.807, 2.05) is 49.4 Å². The van der Waals surface area contributed by atoms with Crippen LogP contribution in [0.1, 0.15) is 42.9 Å². The largest absolute Gasteiger partial charge is 0.362 e. The van der Waals surface area contributed by atoms with Crippen LogP contribution in [-0.2, 0) is 9.59 Å². The van der Waals surface area contributed by atoms with Crippen LogP contribution in [0.2, 0.25) is 0 Å². The molecule has 0 unspecified atom stereocenters. The molecule has 170 valence electrons. The molecule has 1 aliphatic heterocycles. The van der Waals surface area contributed by atoms with Gasteiger partial charge in [0, 0.05) is 35.2 Å². The van der Waals surface area contributed by atoms with Gasteiger partial charge >= 0.3 is 0 Å². The summed E-state index contributed by atoms with van der Waals surface area (Å²) in [6, 6.07) is 21.5. The van der Waals surface area contributed by atoms with Gasteiger partial charge in [-0.05, 0) is 49.1 Å². The van der Waals surface area contributed by atoms with Crippen LogP contribution < -0.4 is 10.6 Å². The minimum Gasteiger partial charge on any atom is -0.362 e. The lowest BCUT2D eigenvalue weighted by atomic mass is 9.72. The summed E-state index contributed by atoms with van der Waals surface area (Å²) in [7, 11) is 0. The van der Waals surface area contributed by atoms with Crippen molar-refractivity contribution >= 4 is 17.4 Å². The highest BCUT2D eigenvalue weighted by Crippen LogP contribution is 2.45. The average Bonchev–Trinajstić information content (AvgIpc) is 2.85. The van der Waals surface area contributed by atoms with E-state index in [0.29, 0.717) is 35.4 Å². The number of rotatable bonds is 4. The molecule has 0 fully saturated rings. The van der Waals surface area contributed by atoms with Crippen LogP contribution in [-0.4, -0.2) is 16.7 Å². The highest BCUT2D eigenvalue weighted by Gasteiger charge is 2.41. The Labute approximate surface area is 197 Å². The molecule has 0 saturated heterocycles. The van der Waals surface area contributed by atoms with Crippen molar-refractivity contribution < 1.29 is 14.0 Å². The number of hydrogen-bond donors (Lipinski definition) is 2. The molecule has 5 rings (SSSR count). The zero-order valence-corrected chi connectivity index (χ0v) is 18.7. The van der Waals surface area contributed by atoms with Crippen LogP contribution >= 0.6 is 0 Å². The Morgan fingerprint density at radius 1 is 1.00 bits per heavy atom. The molecule has 5 nitrogen and oxygen atoms in total. The fraction of sp³-hybridized carbons (Fsp3) is 0.179. The number of ketones is 1. The Morgan fingerprint density at radius 3 is 2.47 bits per heavy atom. The average molecular weight is 454 g/mol. The third-order valence-corrected chi connectivity index (χ3v) is 6.45. The maximum atomic E-state index is 14.2. The van der Waals surface area contributed by atoms with E-state index in [2.05, 4.69) is 15.6 Å². The number of pyridine rings is 1. The molecule has 2 aromatic carbocycles. The number of para-hydroxylation sites is 1. The third kappa shape index (κ3) is 4.03. The lowest BCUT2D eigenvalue weighted by Crippen LogP contribution is -2.37. The number of nitrogens with one attached hydrogen (secondary N) is 2. The molecule has 1 aromatic heterocycles. The molecule has 0 spiro atoms. The Morgan fingerprint density at radius 2 is 1.74 bits per heavy atom. The molecule has 2 aliphatic rings. The predicted octanol–water partition coefficient (Wildman–Crippen LogP) is 5.22. The van der Waals surface area contributed by atoms with Crippen molar-refractivity contribution in [1.29, 1.82) is 0 Å². The number of hydrogen-bond acceptors (Lipinski definition) is 4. The Hall–Kier alpha value is -4.06. The van der Waals surface area contributed by atoms with Gasteiger partial charge in [0.15, 0.2) is 5.78 Å². The maximum Gasteiger partial charge on any atom is 0.254 e. The summed E-state index contributed by atoms with van der Waals surface area (Å²) in [5.41, 5.74) is 4.20. The molecular formula is C28H24FN3O2. The first-order valence-electron chi connectivity index (χ1n) is 11.3. The number of carbonyl (C=O) groups excluding carboxylic acids is 2. The fourth-order valence-corrected chi connectivity index (χ4v) is 4.90. The number of carbonyl (C=O) groups is 2. The van der Waals surface area contributed by atoms with Crippen molar-refractivity contribution in [1.82, 2.24) is 10.3 Å². The van der Waals surface area contributed by atoms with Gasteiger partial charge in [-0.15, -0.1) is 0 Å². The van der Waals surface area contributed by atoms with E-state index in [1.54, 1.807) is 24.4 Å². The predicted molar refractivity (Wildman–Crippen MR) is 128 cm³/mol. The lowest BCUT2D eigenvalue weighted by Gasteiger charge is -2.36. The van der Waals surface area contributed by atoms with Crippen molar-refractivity contribution in [2.24, 2.45) is 0 Å². The molecule has 2 heterocycles. The molecule has 0 bridgehead atoms. The first kappa shape index (κ1) is 21.8. The third-order valence-electron chi connectivity index (χ3n) is 6.45. The molecule has 1 amide bonds. The van der Waals surface area contributed by atoms with Crippen molar-refractivity contribution in [2.45, 2.75) is 31.6 Å². The summed E-state index contributed by atoms with van der Waals surface area (Å²) in [6.45, 7) is 1.81. The number of anilines is 1. The van der Waals surface area contributed by atoms with E-state index in [9.17, 15) is 14.0 Å². The fourth-order valence-electron chi connectivity index (χ4n) is 4.90. The second kappa shape index (κ2) is 9.06. The van der Waals surface area contributed by atoms with E-state index >= 15 is 0 Å². The summed E-state index contributed by atoms with van der Waals surface area (Å²) in [5, 5.41) is 6.02. The lowest BCUT2D eigenvalue weighted by molar-refractivity contribution is -0.116. The van der Waals surface area contributed by atoms with Gasteiger partial charge in [0.05, 0.1) is 17.3 Å². The van der Waals surface area contributed by atoms with Gasteiger partial charge in [-0.25, -0.2) is 4.39 Å². The minimum absolute atomic E-state index is 0.0121. The topological polar surface area (TPSA) is 71.1 Å². The summed E-state index contributed by atoms with van der Waals surface area (Å²) < 4.78 is 14.2. The summed E-state index contributed by atoms with van der Waals surface area (Å²) in [5.74, 6) is -1.57. The van der Waals surface area contributed by atoms with Gasteiger partial charge in [-0.1, -0.05) is 48.5 Å². The number of allylic oxidation sites excluding steroid dienone is 3. The number of dihydropyridines is 1. The van der Waals surface area contributed by atoms with Crippen LogP contribution in [0.25, 0.3) is 0 Å².